The number of benzene rings is 1. The van der Waals surface area contributed by atoms with E-state index in [0.717, 1.165) is 12.1 Å². The molecule has 106 valence electrons. The van der Waals surface area contributed by atoms with Gasteiger partial charge < -0.3 is 10.6 Å². The molecule has 1 aromatic rings. The molecular formula is C16H26N2O. The Hall–Kier alpha value is -1.35. The third kappa shape index (κ3) is 5.03. The molecule has 0 bridgehead atoms. The topological polar surface area (TPSA) is 41.1 Å². The van der Waals surface area contributed by atoms with Gasteiger partial charge in [0.15, 0.2) is 0 Å². The van der Waals surface area contributed by atoms with Gasteiger partial charge in [-0.3, -0.25) is 4.79 Å². The summed E-state index contributed by atoms with van der Waals surface area (Å²) in [6, 6.07) is 8.00. The van der Waals surface area contributed by atoms with E-state index < -0.39 is 0 Å². The number of hydrogen-bond donors (Lipinski definition) is 2. The van der Waals surface area contributed by atoms with E-state index in [-0.39, 0.29) is 11.9 Å². The summed E-state index contributed by atoms with van der Waals surface area (Å²) in [5.74, 6) is 0.577. The molecule has 0 heterocycles. The molecule has 3 heteroatoms. The largest absolute Gasteiger partial charge is 0.325 e. The van der Waals surface area contributed by atoms with Gasteiger partial charge in [0, 0.05) is 11.7 Å². The van der Waals surface area contributed by atoms with Crippen LogP contribution in [0.2, 0.25) is 0 Å². The minimum Gasteiger partial charge on any atom is -0.325 e. The summed E-state index contributed by atoms with van der Waals surface area (Å²) >= 11 is 0. The summed E-state index contributed by atoms with van der Waals surface area (Å²) in [4.78, 5) is 12.1. The van der Waals surface area contributed by atoms with Crippen LogP contribution in [0.1, 0.15) is 39.7 Å². The molecule has 3 atom stereocenters. The van der Waals surface area contributed by atoms with Crippen LogP contribution in [0, 0.1) is 12.8 Å². The fraction of sp³-hybridized carbons (Fsp3) is 0.562. The Morgan fingerprint density at radius 3 is 2.26 bits per heavy atom. The lowest BCUT2D eigenvalue weighted by molar-refractivity contribution is -0.118. The van der Waals surface area contributed by atoms with E-state index in [0.29, 0.717) is 12.0 Å². The number of carbonyl (C=O) groups excluding carboxylic acids is 1. The number of amides is 1. The van der Waals surface area contributed by atoms with E-state index in [9.17, 15) is 4.79 Å². The zero-order valence-electron chi connectivity index (χ0n) is 12.7. The Balaban J connectivity index is 2.51. The fourth-order valence-corrected chi connectivity index (χ4v) is 1.88. The smallest absolute Gasteiger partial charge is 0.241 e. The van der Waals surface area contributed by atoms with Crippen LogP contribution in [0.3, 0.4) is 0 Å². The number of rotatable bonds is 6. The summed E-state index contributed by atoms with van der Waals surface area (Å²) < 4.78 is 0. The van der Waals surface area contributed by atoms with Gasteiger partial charge in [-0.1, -0.05) is 38.0 Å². The minimum absolute atomic E-state index is 0.0130. The SMILES string of the molecule is CCC(C)C(C)NC(C)C(=O)Nc1ccc(C)cc1. The zero-order valence-corrected chi connectivity index (χ0v) is 12.7. The van der Waals surface area contributed by atoms with E-state index in [2.05, 4.69) is 31.4 Å². The first kappa shape index (κ1) is 15.7. The minimum atomic E-state index is -0.190. The molecular weight excluding hydrogens is 236 g/mol. The normalized spacial score (nSPS) is 15.6. The first-order valence-electron chi connectivity index (χ1n) is 7.07. The van der Waals surface area contributed by atoms with Crippen molar-refractivity contribution in [1.29, 1.82) is 0 Å². The molecule has 0 saturated carbocycles. The second-order valence-electron chi connectivity index (χ2n) is 5.42. The third-order valence-corrected chi connectivity index (χ3v) is 3.72. The summed E-state index contributed by atoms with van der Waals surface area (Å²) in [5, 5.41) is 6.28. The highest BCUT2D eigenvalue weighted by molar-refractivity contribution is 5.94. The van der Waals surface area contributed by atoms with Crippen molar-refractivity contribution in [2.45, 2.75) is 53.1 Å². The lowest BCUT2D eigenvalue weighted by atomic mass is 10.00. The molecule has 0 aliphatic rings. The quantitative estimate of drug-likeness (QED) is 0.825. The first-order valence-corrected chi connectivity index (χ1v) is 7.07. The molecule has 0 fully saturated rings. The van der Waals surface area contributed by atoms with Crippen molar-refractivity contribution in [3.63, 3.8) is 0 Å². The molecule has 0 radical (unpaired) electrons. The van der Waals surface area contributed by atoms with Crippen LogP contribution in [0.5, 0.6) is 0 Å². The van der Waals surface area contributed by atoms with Crippen molar-refractivity contribution in [3.05, 3.63) is 29.8 Å². The maximum atomic E-state index is 12.1. The van der Waals surface area contributed by atoms with E-state index in [1.54, 1.807) is 0 Å². The standard InChI is InChI=1S/C16H26N2O/c1-6-12(3)13(4)17-14(5)16(19)18-15-9-7-11(2)8-10-15/h7-10,12-14,17H,6H2,1-5H3,(H,18,19). The highest BCUT2D eigenvalue weighted by Crippen LogP contribution is 2.10. The van der Waals surface area contributed by atoms with Gasteiger partial charge in [-0.2, -0.15) is 0 Å². The Morgan fingerprint density at radius 1 is 1.16 bits per heavy atom. The highest BCUT2D eigenvalue weighted by Gasteiger charge is 2.18. The van der Waals surface area contributed by atoms with E-state index in [4.69, 9.17) is 0 Å². The lowest BCUT2D eigenvalue weighted by Gasteiger charge is -2.24. The Bertz CT molecular complexity index is 400. The molecule has 0 saturated heterocycles. The molecule has 3 unspecified atom stereocenters. The number of nitrogens with one attached hydrogen (secondary N) is 2. The molecule has 1 amide bonds. The lowest BCUT2D eigenvalue weighted by Crippen LogP contribution is -2.45. The van der Waals surface area contributed by atoms with Crippen molar-refractivity contribution in [1.82, 2.24) is 5.32 Å². The molecule has 0 aliphatic carbocycles. The van der Waals surface area contributed by atoms with Crippen LogP contribution in [0.25, 0.3) is 0 Å². The molecule has 0 aliphatic heterocycles. The molecule has 2 N–H and O–H groups in total. The van der Waals surface area contributed by atoms with E-state index >= 15 is 0 Å². The van der Waals surface area contributed by atoms with Gasteiger partial charge in [-0.15, -0.1) is 0 Å². The van der Waals surface area contributed by atoms with Crippen LogP contribution in [-0.2, 0) is 4.79 Å². The zero-order chi connectivity index (χ0) is 14.4. The maximum absolute atomic E-state index is 12.1. The van der Waals surface area contributed by atoms with Crippen molar-refractivity contribution in [2.24, 2.45) is 5.92 Å². The average molecular weight is 262 g/mol. The van der Waals surface area contributed by atoms with E-state index in [1.807, 2.05) is 38.1 Å². The van der Waals surface area contributed by atoms with Gasteiger partial charge in [0.25, 0.3) is 0 Å². The van der Waals surface area contributed by atoms with Gasteiger partial charge in [-0.25, -0.2) is 0 Å². The molecule has 1 aromatic carbocycles. The molecule has 1 rings (SSSR count). The number of aryl methyl sites for hydroxylation is 1. The second-order valence-corrected chi connectivity index (χ2v) is 5.42. The average Bonchev–Trinajstić information content (AvgIpc) is 2.40. The van der Waals surface area contributed by atoms with Crippen molar-refractivity contribution in [2.75, 3.05) is 5.32 Å². The number of carbonyl (C=O) groups is 1. The third-order valence-electron chi connectivity index (χ3n) is 3.72. The van der Waals surface area contributed by atoms with Gasteiger partial charge in [-0.05, 0) is 38.8 Å². The highest BCUT2D eigenvalue weighted by atomic mass is 16.2. The predicted octanol–water partition coefficient (Wildman–Crippen LogP) is 3.35. The van der Waals surface area contributed by atoms with Crippen LogP contribution < -0.4 is 10.6 Å². The Morgan fingerprint density at radius 2 is 1.74 bits per heavy atom. The molecule has 19 heavy (non-hydrogen) atoms. The van der Waals surface area contributed by atoms with Gasteiger partial charge in [0.05, 0.1) is 6.04 Å². The van der Waals surface area contributed by atoms with Crippen molar-refractivity contribution >= 4 is 11.6 Å². The maximum Gasteiger partial charge on any atom is 0.241 e. The monoisotopic (exact) mass is 262 g/mol. The van der Waals surface area contributed by atoms with Crippen LogP contribution in [0.15, 0.2) is 24.3 Å². The van der Waals surface area contributed by atoms with Crippen LogP contribution in [0.4, 0.5) is 5.69 Å². The van der Waals surface area contributed by atoms with Crippen molar-refractivity contribution < 1.29 is 4.79 Å². The molecule has 3 nitrogen and oxygen atoms in total. The Kier molecular flexibility index (Phi) is 6.03. The van der Waals surface area contributed by atoms with Gasteiger partial charge in [0.1, 0.15) is 0 Å². The van der Waals surface area contributed by atoms with Gasteiger partial charge >= 0.3 is 0 Å². The molecule has 0 spiro atoms. The summed E-state index contributed by atoms with van der Waals surface area (Å²) in [7, 11) is 0. The van der Waals surface area contributed by atoms with E-state index in [1.165, 1.54) is 5.56 Å². The number of hydrogen-bond acceptors (Lipinski definition) is 2. The van der Waals surface area contributed by atoms with Crippen LogP contribution in [-0.4, -0.2) is 18.0 Å². The molecule has 0 aromatic heterocycles. The van der Waals surface area contributed by atoms with Gasteiger partial charge in [0.2, 0.25) is 5.91 Å². The van der Waals surface area contributed by atoms with Crippen LogP contribution >= 0.6 is 0 Å². The number of anilines is 1. The summed E-state index contributed by atoms with van der Waals surface area (Å²) in [6.07, 6.45) is 1.11. The second kappa shape index (κ2) is 7.29. The van der Waals surface area contributed by atoms with Crippen molar-refractivity contribution in [3.8, 4) is 0 Å². The fourth-order valence-electron chi connectivity index (χ4n) is 1.88. The Labute approximate surface area is 116 Å². The first-order chi connectivity index (χ1) is 8.93. The predicted molar refractivity (Wildman–Crippen MR) is 81.3 cm³/mol. The summed E-state index contributed by atoms with van der Waals surface area (Å²) in [6.45, 7) is 10.4. The summed E-state index contributed by atoms with van der Waals surface area (Å²) in [5.41, 5.74) is 2.04.